The first kappa shape index (κ1) is 10.3. The molecular weight excluding hydrogens is 172 g/mol. The van der Waals surface area contributed by atoms with Crippen LogP contribution in [0.1, 0.15) is 19.3 Å². The average Bonchev–Trinajstić information content (AvgIpc) is 2.04. The Morgan fingerprint density at radius 3 is 2.85 bits per heavy atom. The summed E-state index contributed by atoms with van der Waals surface area (Å²) >= 11 is 0. The second kappa shape index (κ2) is 4.43. The van der Waals surface area contributed by atoms with Gasteiger partial charge in [-0.15, -0.1) is 0 Å². The molecule has 2 atom stereocenters. The lowest BCUT2D eigenvalue weighted by atomic mass is 9.97. The van der Waals surface area contributed by atoms with Gasteiger partial charge >= 0.3 is 6.09 Å². The predicted octanol–water partition coefficient (Wildman–Crippen LogP) is -0.161. The smallest absolute Gasteiger partial charge is 0.407 e. The van der Waals surface area contributed by atoms with Gasteiger partial charge in [0.1, 0.15) is 0 Å². The van der Waals surface area contributed by atoms with E-state index >= 15 is 0 Å². The number of amides is 1. The van der Waals surface area contributed by atoms with Gasteiger partial charge in [-0.05, 0) is 25.8 Å². The fraction of sp³-hybridized carbons (Fsp3) is 0.875. The quantitative estimate of drug-likeness (QED) is 0.562. The molecule has 13 heavy (non-hydrogen) atoms. The number of hydrogen-bond donors (Lipinski definition) is 3. The normalized spacial score (nSPS) is 28.9. The van der Waals surface area contributed by atoms with Crippen LogP contribution >= 0.6 is 0 Å². The molecule has 1 aliphatic heterocycles. The zero-order chi connectivity index (χ0) is 9.84. The molecule has 0 spiro atoms. The van der Waals surface area contributed by atoms with Crippen LogP contribution in [0, 0.1) is 0 Å². The van der Waals surface area contributed by atoms with Crippen LogP contribution in [0.4, 0.5) is 4.79 Å². The summed E-state index contributed by atoms with van der Waals surface area (Å²) in [6.07, 6.45) is 0.401. The van der Waals surface area contributed by atoms with Crippen LogP contribution in [0.5, 0.6) is 0 Å². The Labute approximate surface area is 77.1 Å². The fourth-order valence-electron chi connectivity index (χ4n) is 1.75. The number of carboxylic acid groups (broad SMARTS) is 1. The van der Waals surface area contributed by atoms with Gasteiger partial charge in [0, 0.05) is 12.6 Å². The minimum absolute atomic E-state index is 0.105. The number of rotatable bonds is 2. The number of aliphatic hydroxyl groups is 1. The number of nitrogens with two attached hydrogens (primary N) is 1. The first-order valence-electron chi connectivity index (χ1n) is 4.53. The molecule has 1 heterocycles. The van der Waals surface area contributed by atoms with Crippen LogP contribution in [0.3, 0.4) is 0 Å². The van der Waals surface area contributed by atoms with Crippen molar-refractivity contribution in [2.24, 2.45) is 5.73 Å². The van der Waals surface area contributed by atoms with E-state index in [9.17, 15) is 9.90 Å². The van der Waals surface area contributed by atoms with Gasteiger partial charge in [0.25, 0.3) is 0 Å². The van der Waals surface area contributed by atoms with E-state index < -0.39 is 6.09 Å². The lowest BCUT2D eigenvalue weighted by molar-refractivity contribution is 0.0410. The maximum absolute atomic E-state index is 10.7. The Kier molecular flexibility index (Phi) is 3.50. The zero-order valence-corrected chi connectivity index (χ0v) is 7.52. The van der Waals surface area contributed by atoms with E-state index in [1.165, 1.54) is 4.90 Å². The van der Waals surface area contributed by atoms with Crippen LogP contribution < -0.4 is 5.73 Å². The SMILES string of the molecule is NCCC1CC(O)CCN1C(=O)O. The van der Waals surface area contributed by atoms with Crippen molar-refractivity contribution in [3.63, 3.8) is 0 Å². The Hall–Kier alpha value is -0.810. The molecule has 4 N–H and O–H groups in total. The maximum Gasteiger partial charge on any atom is 0.407 e. The molecule has 1 amide bonds. The molecule has 0 aromatic heterocycles. The summed E-state index contributed by atoms with van der Waals surface area (Å²) in [6.45, 7) is 0.877. The van der Waals surface area contributed by atoms with Crippen LogP contribution in [-0.2, 0) is 0 Å². The maximum atomic E-state index is 10.7. The molecule has 5 nitrogen and oxygen atoms in total. The second-order valence-electron chi connectivity index (χ2n) is 3.39. The Morgan fingerprint density at radius 1 is 1.62 bits per heavy atom. The first-order chi connectivity index (χ1) is 6.15. The predicted molar refractivity (Wildman–Crippen MR) is 47.4 cm³/mol. The number of piperidine rings is 1. The molecule has 1 rings (SSSR count). The Morgan fingerprint density at radius 2 is 2.31 bits per heavy atom. The number of hydrogen-bond acceptors (Lipinski definition) is 3. The van der Waals surface area contributed by atoms with Gasteiger partial charge in [0.15, 0.2) is 0 Å². The Bertz CT molecular complexity index is 186. The summed E-state index contributed by atoms with van der Waals surface area (Å²) in [4.78, 5) is 12.1. The average molecular weight is 188 g/mol. The van der Waals surface area contributed by atoms with Crippen LogP contribution in [-0.4, -0.2) is 46.4 Å². The second-order valence-corrected chi connectivity index (χ2v) is 3.39. The van der Waals surface area contributed by atoms with Crippen molar-refractivity contribution in [1.82, 2.24) is 4.90 Å². The van der Waals surface area contributed by atoms with Gasteiger partial charge in [-0.3, -0.25) is 0 Å². The van der Waals surface area contributed by atoms with E-state index in [4.69, 9.17) is 10.8 Å². The van der Waals surface area contributed by atoms with Gasteiger partial charge in [-0.25, -0.2) is 4.79 Å². The molecule has 0 aromatic rings. The highest BCUT2D eigenvalue weighted by Crippen LogP contribution is 2.19. The third-order valence-corrected chi connectivity index (χ3v) is 2.43. The van der Waals surface area contributed by atoms with E-state index in [0.29, 0.717) is 32.4 Å². The van der Waals surface area contributed by atoms with Crippen molar-refractivity contribution >= 4 is 6.09 Å². The number of likely N-dealkylation sites (tertiary alicyclic amines) is 1. The van der Waals surface area contributed by atoms with Gasteiger partial charge < -0.3 is 20.8 Å². The van der Waals surface area contributed by atoms with E-state index in [1.54, 1.807) is 0 Å². The molecule has 0 bridgehead atoms. The van der Waals surface area contributed by atoms with Gasteiger partial charge in [0.05, 0.1) is 6.10 Å². The summed E-state index contributed by atoms with van der Waals surface area (Å²) in [5, 5.41) is 18.2. The molecule has 76 valence electrons. The van der Waals surface area contributed by atoms with E-state index in [0.717, 1.165) is 0 Å². The van der Waals surface area contributed by atoms with Crippen LogP contribution in [0.2, 0.25) is 0 Å². The van der Waals surface area contributed by atoms with Crippen LogP contribution in [0.15, 0.2) is 0 Å². The number of carbonyl (C=O) groups is 1. The molecule has 0 saturated carbocycles. The topological polar surface area (TPSA) is 86.8 Å². The van der Waals surface area contributed by atoms with E-state index in [1.807, 2.05) is 0 Å². The highest BCUT2D eigenvalue weighted by Gasteiger charge is 2.29. The molecule has 1 aliphatic rings. The number of nitrogens with zero attached hydrogens (tertiary/aromatic N) is 1. The number of aliphatic hydroxyl groups excluding tert-OH is 1. The lowest BCUT2D eigenvalue weighted by Gasteiger charge is -2.35. The van der Waals surface area contributed by atoms with E-state index in [-0.39, 0.29) is 12.1 Å². The monoisotopic (exact) mass is 188 g/mol. The largest absolute Gasteiger partial charge is 0.465 e. The van der Waals surface area contributed by atoms with Gasteiger partial charge in [-0.2, -0.15) is 0 Å². The molecule has 1 fully saturated rings. The molecule has 2 unspecified atom stereocenters. The van der Waals surface area contributed by atoms with Gasteiger partial charge in [0.2, 0.25) is 0 Å². The summed E-state index contributed by atoms with van der Waals surface area (Å²) in [7, 11) is 0. The van der Waals surface area contributed by atoms with E-state index in [2.05, 4.69) is 0 Å². The molecule has 0 aliphatic carbocycles. The molecule has 5 heteroatoms. The summed E-state index contributed by atoms with van der Waals surface area (Å²) in [5.74, 6) is 0. The van der Waals surface area contributed by atoms with Crippen molar-refractivity contribution in [3.05, 3.63) is 0 Å². The standard InChI is InChI=1S/C8H16N2O3/c9-3-1-6-5-7(11)2-4-10(6)8(12)13/h6-7,11H,1-5,9H2,(H,12,13). The summed E-state index contributed by atoms with van der Waals surface area (Å²) in [6, 6.07) is -0.105. The van der Waals surface area contributed by atoms with Crippen molar-refractivity contribution < 1.29 is 15.0 Å². The highest BCUT2D eigenvalue weighted by atomic mass is 16.4. The highest BCUT2D eigenvalue weighted by molar-refractivity contribution is 5.65. The minimum Gasteiger partial charge on any atom is -0.465 e. The third kappa shape index (κ3) is 2.57. The van der Waals surface area contributed by atoms with Gasteiger partial charge in [-0.1, -0.05) is 0 Å². The third-order valence-electron chi connectivity index (χ3n) is 2.43. The molecule has 1 saturated heterocycles. The Balaban J connectivity index is 2.55. The first-order valence-corrected chi connectivity index (χ1v) is 4.53. The summed E-state index contributed by atoms with van der Waals surface area (Å²) in [5.41, 5.74) is 5.37. The molecule has 0 radical (unpaired) electrons. The summed E-state index contributed by atoms with van der Waals surface area (Å²) < 4.78 is 0. The molecule has 0 aromatic carbocycles. The zero-order valence-electron chi connectivity index (χ0n) is 7.52. The van der Waals surface area contributed by atoms with Crippen molar-refractivity contribution in [2.75, 3.05) is 13.1 Å². The van der Waals surface area contributed by atoms with Crippen molar-refractivity contribution in [2.45, 2.75) is 31.4 Å². The fourth-order valence-corrected chi connectivity index (χ4v) is 1.75. The molecular formula is C8H16N2O3. The van der Waals surface area contributed by atoms with Crippen molar-refractivity contribution in [1.29, 1.82) is 0 Å². The van der Waals surface area contributed by atoms with Crippen molar-refractivity contribution in [3.8, 4) is 0 Å². The lowest BCUT2D eigenvalue weighted by Crippen LogP contribution is -2.47. The van der Waals surface area contributed by atoms with Crippen LogP contribution in [0.25, 0.3) is 0 Å². The minimum atomic E-state index is -0.912.